The van der Waals surface area contributed by atoms with Gasteiger partial charge >= 0.3 is 6.09 Å². The molecule has 0 spiro atoms. The third kappa shape index (κ3) is 6.15. The Morgan fingerprint density at radius 1 is 0.971 bits per heavy atom. The molecule has 6 heteroatoms. The number of nitrogen functional groups attached to an aromatic ring is 1. The molecule has 6 nitrogen and oxygen atoms in total. The van der Waals surface area contributed by atoms with Gasteiger partial charge in [0, 0.05) is 24.4 Å². The number of nitrogens with two attached hydrogens (primary N) is 1. The monoisotopic (exact) mass is 469 g/mol. The molecule has 1 aromatic heterocycles. The number of anilines is 1. The van der Waals surface area contributed by atoms with Crippen LogP contribution in [0.25, 0.3) is 21.5 Å². The number of pyridine rings is 1. The van der Waals surface area contributed by atoms with Gasteiger partial charge in [0.2, 0.25) is 0 Å². The summed E-state index contributed by atoms with van der Waals surface area (Å²) in [7, 11) is 0. The second-order valence-electron chi connectivity index (χ2n) is 9.76. The van der Waals surface area contributed by atoms with Crippen LogP contribution in [0, 0.1) is 0 Å². The molecule has 180 valence electrons. The molecular weight excluding hydrogens is 438 g/mol. The molecule has 1 heterocycles. The molecule has 0 radical (unpaired) electrons. The second-order valence-corrected chi connectivity index (χ2v) is 9.76. The highest BCUT2D eigenvalue weighted by atomic mass is 16.6. The van der Waals surface area contributed by atoms with Crippen LogP contribution in [0.1, 0.15) is 38.3 Å². The number of aromatic nitrogens is 1. The maximum Gasteiger partial charge on any atom is 0.408 e. The summed E-state index contributed by atoms with van der Waals surface area (Å²) in [4.78, 5) is 30.1. The second kappa shape index (κ2) is 10.1. The number of nitrogens with zero attached hydrogens (tertiary/aromatic N) is 1. The molecule has 0 aliphatic rings. The van der Waals surface area contributed by atoms with Crippen molar-refractivity contribution < 1.29 is 14.3 Å². The van der Waals surface area contributed by atoms with E-state index >= 15 is 0 Å². The number of alkyl carbamates (subject to hydrolysis) is 1. The van der Waals surface area contributed by atoms with E-state index in [2.05, 4.69) is 10.3 Å². The molecule has 0 aliphatic carbocycles. The van der Waals surface area contributed by atoms with Gasteiger partial charge in [-0.3, -0.25) is 4.79 Å². The number of fused-ring (bicyclic) bond motifs is 2. The summed E-state index contributed by atoms with van der Waals surface area (Å²) in [6, 6.07) is 21.2. The van der Waals surface area contributed by atoms with Crippen LogP contribution in [0.15, 0.2) is 72.9 Å². The van der Waals surface area contributed by atoms with Crippen molar-refractivity contribution in [3.05, 3.63) is 84.1 Å². The number of amides is 1. The molecule has 0 aliphatic heterocycles. The Hall–Kier alpha value is -3.93. The van der Waals surface area contributed by atoms with E-state index in [-0.39, 0.29) is 12.2 Å². The smallest absolute Gasteiger partial charge is 0.408 e. The number of aryl methyl sites for hydroxylation is 1. The SMILES string of the molecule is CC(C)(C)OC(=O)N[C@@H](Cc1cccc2ccccc12)C(=O)CCc1ccc2c(N)nccc2c1. The number of carbonyl (C=O) groups excluding carboxylic acids is 2. The molecule has 1 amide bonds. The Balaban J connectivity index is 1.53. The highest BCUT2D eigenvalue weighted by Crippen LogP contribution is 2.23. The van der Waals surface area contributed by atoms with E-state index in [9.17, 15) is 9.59 Å². The third-order valence-electron chi connectivity index (χ3n) is 5.90. The van der Waals surface area contributed by atoms with E-state index in [1.54, 1.807) is 27.0 Å². The first-order chi connectivity index (χ1) is 16.7. The first kappa shape index (κ1) is 24.2. The molecule has 0 saturated carbocycles. The van der Waals surface area contributed by atoms with Crippen molar-refractivity contribution in [2.24, 2.45) is 0 Å². The number of nitrogens with one attached hydrogen (secondary N) is 1. The minimum absolute atomic E-state index is 0.0434. The first-order valence-electron chi connectivity index (χ1n) is 11.8. The highest BCUT2D eigenvalue weighted by Gasteiger charge is 2.25. The number of hydrogen-bond donors (Lipinski definition) is 2. The average molecular weight is 470 g/mol. The Bertz CT molecular complexity index is 1370. The summed E-state index contributed by atoms with van der Waals surface area (Å²) in [5.41, 5.74) is 7.33. The van der Waals surface area contributed by atoms with E-state index in [1.165, 1.54) is 0 Å². The van der Waals surface area contributed by atoms with Gasteiger partial charge in [-0.15, -0.1) is 0 Å². The van der Waals surface area contributed by atoms with Crippen LogP contribution in [0.3, 0.4) is 0 Å². The van der Waals surface area contributed by atoms with E-state index in [4.69, 9.17) is 10.5 Å². The molecule has 3 N–H and O–H groups in total. The van der Waals surface area contributed by atoms with Crippen LogP contribution in [-0.2, 0) is 22.4 Å². The number of rotatable bonds is 7. The van der Waals surface area contributed by atoms with E-state index in [0.29, 0.717) is 18.7 Å². The zero-order valence-corrected chi connectivity index (χ0v) is 20.4. The fraction of sp³-hybridized carbons (Fsp3) is 0.276. The number of benzene rings is 3. The van der Waals surface area contributed by atoms with Crippen molar-refractivity contribution in [1.82, 2.24) is 10.3 Å². The van der Waals surface area contributed by atoms with Crippen molar-refractivity contribution in [2.75, 3.05) is 5.73 Å². The van der Waals surface area contributed by atoms with Crippen LogP contribution in [-0.4, -0.2) is 28.5 Å². The molecule has 0 saturated heterocycles. The van der Waals surface area contributed by atoms with Gasteiger partial charge in [0.15, 0.2) is 5.78 Å². The maximum absolute atomic E-state index is 13.4. The van der Waals surface area contributed by atoms with E-state index < -0.39 is 17.7 Å². The van der Waals surface area contributed by atoms with E-state index in [0.717, 1.165) is 32.7 Å². The summed E-state index contributed by atoms with van der Waals surface area (Å²) in [6.45, 7) is 5.41. The van der Waals surface area contributed by atoms with Gasteiger partial charge in [-0.2, -0.15) is 0 Å². The maximum atomic E-state index is 13.4. The lowest BCUT2D eigenvalue weighted by molar-refractivity contribution is -0.121. The average Bonchev–Trinajstić information content (AvgIpc) is 2.81. The number of hydrogen-bond acceptors (Lipinski definition) is 5. The van der Waals surface area contributed by atoms with Crippen LogP contribution < -0.4 is 11.1 Å². The van der Waals surface area contributed by atoms with Gasteiger partial charge in [0.1, 0.15) is 11.4 Å². The lowest BCUT2D eigenvalue weighted by atomic mass is 9.94. The Morgan fingerprint density at radius 2 is 1.74 bits per heavy atom. The number of ether oxygens (including phenoxy) is 1. The summed E-state index contributed by atoms with van der Waals surface area (Å²) < 4.78 is 5.45. The Kier molecular flexibility index (Phi) is 7.01. The summed E-state index contributed by atoms with van der Waals surface area (Å²) in [6.07, 6.45) is 2.32. The minimum Gasteiger partial charge on any atom is -0.444 e. The van der Waals surface area contributed by atoms with E-state index in [1.807, 2.05) is 66.7 Å². The van der Waals surface area contributed by atoms with Crippen LogP contribution in [0.2, 0.25) is 0 Å². The third-order valence-corrected chi connectivity index (χ3v) is 5.90. The zero-order chi connectivity index (χ0) is 25.0. The lowest BCUT2D eigenvalue weighted by Gasteiger charge is -2.23. The molecule has 3 aromatic carbocycles. The quantitative estimate of drug-likeness (QED) is 0.367. The fourth-order valence-corrected chi connectivity index (χ4v) is 4.23. The van der Waals surface area contributed by atoms with Crippen molar-refractivity contribution >= 4 is 39.2 Å². The van der Waals surface area contributed by atoms with Crippen molar-refractivity contribution in [3.8, 4) is 0 Å². The van der Waals surface area contributed by atoms with Gasteiger partial charge in [0.05, 0.1) is 6.04 Å². The van der Waals surface area contributed by atoms with Gasteiger partial charge in [-0.05, 0) is 60.5 Å². The minimum atomic E-state index is -0.698. The Morgan fingerprint density at radius 3 is 2.54 bits per heavy atom. The lowest BCUT2D eigenvalue weighted by Crippen LogP contribution is -2.44. The molecule has 1 atom stereocenters. The topological polar surface area (TPSA) is 94.3 Å². The van der Waals surface area contributed by atoms with Crippen molar-refractivity contribution in [3.63, 3.8) is 0 Å². The Labute approximate surface area is 205 Å². The van der Waals surface area contributed by atoms with Gasteiger partial charge in [0.25, 0.3) is 0 Å². The first-order valence-corrected chi connectivity index (χ1v) is 11.8. The van der Waals surface area contributed by atoms with Crippen molar-refractivity contribution in [1.29, 1.82) is 0 Å². The highest BCUT2D eigenvalue weighted by molar-refractivity contribution is 5.92. The van der Waals surface area contributed by atoms with Crippen LogP contribution in [0.4, 0.5) is 10.6 Å². The molecule has 0 unspecified atom stereocenters. The predicted octanol–water partition coefficient (Wildman–Crippen LogP) is 5.61. The molecule has 0 fully saturated rings. The predicted molar refractivity (Wildman–Crippen MR) is 140 cm³/mol. The molecular formula is C29H31N3O3. The molecule has 4 aromatic rings. The molecule has 4 rings (SSSR count). The standard InChI is InChI=1S/C29H31N3O3/c1-29(2,3)35-28(34)32-25(18-21-9-6-8-20-7-4-5-10-23(20)21)26(33)14-12-19-11-13-24-22(17-19)15-16-31-27(24)30/h4-11,13,15-17,25H,12,14,18H2,1-3H3,(H2,30,31)(H,32,34)/t25-/m0/s1. The van der Waals surface area contributed by atoms with Gasteiger partial charge in [-0.1, -0.05) is 60.7 Å². The molecule has 35 heavy (non-hydrogen) atoms. The number of Topliss-reactive ketones (excluding diaryl/α,β-unsaturated/α-hetero) is 1. The largest absolute Gasteiger partial charge is 0.444 e. The summed E-state index contributed by atoms with van der Waals surface area (Å²) in [5, 5.41) is 6.87. The van der Waals surface area contributed by atoms with Crippen molar-refractivity contribution in [2.45, 2.75) is 51.7 Å². The zero-order valence-electron chi connectivity index (χ0n) is 20.4. The summed E-state index contributed by atoms with van der Waals surface area (Å²) >= 11 is 0. The van der Waals surface area contributed by atoms with Crippen LogP contribution in [0.5, 0.6) is 0 Å². The van der Waals surface area contributed by atoms with Gasteiger partial charge < -0.3 is 15.8 Å². The number of ketones is 1. The normalized spacial score (nSPS) is 12.4. The van der Waals surface area contributed by atoms with Gasteiger partial charge in [-0.25, -0.2) is 9.78 Å². The number of carbonyl (C=O) groups is 2. The fourth-order valence-electron chi connectivity index (χ4n) is 4.23. The summed E-state index contributed by atoms with van der Waals surface area (Å²) in [5.74, 6) is 0.444. The van der Waals surface area contributed by atoms with Crippen LogP contribution >= 0.6 is 0 Å². The molecule has 0 bridgehead atoms.